The van der Waals surface area contributed by atoms with Crippen LogP contribution in [0.1, 0.15) is 0 Å². The normalized spacial score (nSPS) is 24.0. The summed E-state index contributed by atoms with van der Waals surface area (Å²) in [5.41, 5.74) is 2.36. The van der Waals surface area contributed by atoms with Crippen LogP contribution in [0.2, 0.25) is 0 Å². The van der Waals surface area contributed by atoms with Crippen molar-refractivity contribution < 1.29 is 4.84 Å². The molecule has 0 saturated carbocycles. The summed E-state index contributed by atoms with van der Waals surface area (Å²) in [6, 6.07) is 0. The monoisotopic (exact) mass is 72.0 g/mol. The lowest BCUT2D eigenvalue weighted by Crippen LogP contribution is -2.01. The molecule has 3 heteroatoms. The van der Waals surface area contributed by atoms with E-state index in [2.05, 4.69) is 22.3 Å². The standard InChI is InChI=1S/C2H4N2O/c1-3-2-5-4-1/h3-4H,2H2. The minimum atomic E-state index is 0.528. The molecule has 0 aromatic carbocycles. The van der Waals surface area contributed by atoms with Crippen LogP contribution in [0.25, 0.3) is 0 Å². The molecule has 0 bridgehead atoms. The van der Waals surface area contributed by atoms with E-state index in [1.165, 1.54) is 0 Å². The maximum atomic E-state index is 4.47. The van der Waals surface area contributed by atoms with Crippen LogP contribution in [0.4, 0.5) is 0 Å². The quantitative estimate of drug-likeness (QED) is 0.387. The maximum Gasteiger partial charge on any atom is 0.168 e. The van der Waals surface area contributed by atoms with E-state index in [0.29, 0.717) is 6.73 Å². The maximum absolute atomic E-state index is 4.47. The Morgan fingerprint density at radius 3 is 3.00 bits per heavy atom. The van der Waals surface area contributed by atoms with Gasteiger partial charge >= 0.3 is 0 Å². The Bertz CT molecular complexity index is 19.2. The number of hydrogen-bond acceptors (Lipinski definition) is 3. The molecule has 1 saturated heterocycles. The molecule has 1 heterocycles. The van der Waals surface area contributed by atoms with Crippen LogP contribution in [0.5, 0.6) is 0 Å². The van der Waals surface area contributed by atoms with E-state index in [4.69, 9.17) is 0 Å². The second kappa shape index (κ2) is 1.35. The Morgan fingerprint density at radius 1 is 1.80 bits per heavy atom. The molecule has 0 aromatic rings. The number of nitrogens with one attached hydrogen (secondary N) is 2. The molecule has 5 heavy (non-hydrogen) atoms. The van der Waals surface area contributed by atoms with Crippen molar-refractivity contribution in [2.45, 2.75) is 0 Å². The zero-order valence-corrected chi connectivity index (χ0v) is 2.62. The van der Waals surface area contributed by atoms with Crippen molar-refractivity contribution in [3.8, 4) is 0 Å². The molecular weight excluding hydrogens is 68.0 g/mol. The summed E-state index contributed by atoms with van der Waals surface area (Å²) < 4.78 is 0. The van der Waals surface area contributed by atoms with Gasteiger partial charge in [-0.05, 0) is 0 Å². The lowest BCUT2D eigenvalue weighted by Gasteiger charge is -1.76. The summed E-state index contributed by atoms with van der Waals surface area (Å²) in [5.74, 6) is 0. The summed E-state index contributed by atoms with van der Waals surface area (Å²) in [6.07, 6.45) is 0. The molecule has 2 radical (unpaired) electrons. The van der Waals surface area contributed by atoms with Crippen molar-refractivity contribution in [1.82, 2.24) is 10.8 Å². The molecule has 1 aliphatic rings. The molecule has 1 aliphatic heterocycles. The van der Waals surface area contributed by atoms with Crippen molar-refractivity contribution in [2.75, 3.05) is 6.73 Å². The van der Waals surface area contributed by atoms with Crippen molar-refractivity contribution in [3.05, 3.63) is 6.67 Å². The third-order valence-corrected chi connectivity index (χ3v) is 0.356. The first-order valence-corrected chi connectivity index (χ1v) is 1.35. The zero-order chi connectivity index (χ0) is 3.54. The first-order chi connectivity index (χ1) is 2.50. The molecule has 1 rings (SSSR count). The van der Waals surface area contributed by atoms with Gasteiger partial charge < -0.3 is 0 Å². The van der Waals surface area contributed by atoms with E-state index in [1.54, 1.807) is 0 Å². The largest absolute Gasteiger partial charge is 0.284 e. The van der Waals surface area contributed by atoms with Gasteiger partial charge in [-0.15, -0.1) is 0 Å². The topological polar surface area (TPSA) is 33.3 Å². The summed E-state index contributed by atoms with van der Waals surface area (Å²) in [4.78, 5) is 4.47. The molecular formula is C2H4N2O. The van der Waals surface area contributed by atoms with Gasteiger partial charge in [-0.3, -0.25) is 10.2 Å². The highest BCUT2D eigenvalue weighted by Gasteiger charge is 1.93. The van der Waals surface area contributed by atoms with Gasteiger partial charge in [-0.2, -0.15) is 5.48 Å². The molecule has 1 fully saturated rings. The molecule has 0 aromatic heterocycles. The average molecular weight is 72.1 g/mol. The summed E-state index contributed by atoms with van der Waals surface area (Å²) >= 11 is 0. The molecule has 0 unspecified atom stereocenters. The van der Waals surface area contributed by atoms with Crippen molar-refractivity contribution >= 4 is 0 Å². The zero-order valence-electron chi connectivity index (χ0n) is 2.62. The van der Waals surface area contributed by atoms with E-state index in [1.807, 2.05) is 0 Å². The van der Waals surface area contributed by atoms with Crippen molar-refractivity contribution in [3.63, 3.8) is 0 Å². The Morgan fingerprint density at radius 2 is 2.80 bits per heavy atom. The van der Waals surface area contributed by atoms with E-state index < -0.39 is 0 Å². The highest BCUT2D eigenvalue weighted by molar-refractivity contribution is 4.50. The van der Waals surface area contributed by atoms with Gasteiger partial charge in [0.1, 0.15) is 6.73 Å². The Labute approximate surface area is 30.3 Å². The Hall–Kier alpha value is -0.120. The highest BCUT2D eigenvalue weighted by atomic mass is 16.7. The lowest BCUT2D eigenvalue weighted by molar-refractivity contribution is 0.107. The van der Waals surface area contributed by atoms with Gasteiger partial charge in [-0.25, -0.2) is 0 Å². The second-order valence-corrected chi connectivity index (χ2v) is 0.693. The molecule has 0 atom stereocenters. The molecule has 0 amide bonds. The molecule has 0 spiro atoms. The second-order valence-electron chi connectivity index (χ2n) is 0.693. The predicted molar refractivity (Wildman–Crippen MR) is 15.5 cm³/mol. The number of hydroxylamine groups is 1. The van der Waals surface area contributed by atoms with Crippen LogP contribution < -0.4 is 10.8 Å². The van der Waals surface area contributed by atoms with Gasteiger partial charge in [0.2, 0.25) is 0 Å². The smallest absolute Gasteiger partial charge is 0.168 e. The number of hydrogen-bond donors (Lipinski definition) is 2. The molecule has 3 nitrogen and oxygen atoms in total. The first-order valence-electron chi connectivity index (χ1n) is 1.35. The molecule has 0 aliphatic carbocycles. The van der Waals surface area contributed by atoms with Crippen molar-refractivity contribution in [1.29, 1.82) is 0 Å². The lowest BCUT2D eigenvalue weighted by atomic mass is 11.1. The summed E-state index contributed by atoms with van der Waals surface area (Å²) in [6.45, 7) is 3.03. The van der Waals surface area contributed by atoms with E-state index in [-0.39, 0.29) is 0 Å². The van der Waals surface area contributed by atoms with Crippen LogP contribution in [0.15, 0.2) is 0 Å². The van der Waals surface area contributed by atoms with Gasteiger partial charge in [0.25, 0.3) is 0 Å². The molecule has 28 valence electrons. The van der Waals surface area contributed by atoms with Gasteiger partial charge in [-0.1, -0.05) is 0 Å². The molecule has 2 N–H and O–H groups in total. The van der Waals surface area contributed by atoms with Gasteiger partial charge in [0, 0.05) is 0 Å². The minimum Gasteiger partial charge on any atom is -0.284 e. The number of rotatable bonds is 0. The third-order valence-electron chi connectivity index (χ3n) is 0.356. The summed E-state index contributed by atoms with van der Waals surface area (Å²) in [5, 5.41) is 2.64. The fourth-order valence-electron chi connectivity index (χ4n) is 0.180. The predicted octanol–water partition coefficient (Wildman–Crippen LogP) is -0.935. The van der Waals surface area contributed by atoms with Crippen LogP contribution in [-0.2, 0) is 4.84 Å². The SMILES string of the molecule is [C]1NCON1. The fraction of sp³-hybridized carbons (Fsp3) is 0.500. The first kappa shape index (κ1) is 3.08. The van der Waals surface area contributed by atoms with Crippen LogP contribution in [-0.4, -0.2) is 6.73 Å². The minimum absolute atomic E-state index is 0.528. The van der Waals surface area contributed by atoms with Gasteiger partial charge in [0.15, 0.2) is 6.67 Å². The van der Waals surface area contributed by atoms with E-state index >= 15 is 0 Å². The Kier molecular flexibility index (Phi) is 0.834. The van der Waals surface area contributed by atoms with Crippen LogP contribution in [0.3, 0.4) is 0 Å². The fourth-order valence-corrected chi connectivity index (χ4v) is 0.180. The van der Waals surface area contributed by atoms with Gasteiger partial charge in [0.05, 0.1) is 0 Å². The van der Waals surface area contributed by atoms with E-state index in [0.717, 1.165) is 0 Å². The van der Waals surface area contributed by atoms with Crippen LogP contribution >= 0.6 is 0 Å². The third kappa shape index (κ3) is 0.576. The van der Waals surface area contributed by atoms with E-state index in [9.17, 15) is 0 Å². The summed E-state index contributed by atoms with van der Waals surface area (Å²) in [7, 11) is 0. The van der Waals surface area contributed by atoms with Crippen molar-refractivity contribution in [2.24, 2.45) is 0 Å². The average Bonchev–Trinajstić information content (AvgIpc) is 1.76. The highest BCUT2D eigenvalue weighted by Crippen LogP contribution is 1.71. The Balaban J connectivity index is 2.08. The van der Waals surface area contributed by atoms with Crippen LogP contribution in [0, 0.1) is 6.67 Å².